The lowest BCUT2D eigenvalue weighted by molar-refractivity contribution is 0.0699. The van der Waals surface area contributed by atoms with Crippen LogP contribution in [0.3, 0.4) is 0 Å². The fraction of sp³-hybridized carbons (Fsp3) is 0.455. The van der Waals surface area contributed by atoms with Gasteiger partial charge in [-0.15, -0.1) is 11.3 Å². The first kappa shape index (κ1) is 14.7. The molecule has 7 heteroatoms. The van der Waals surface area contributed by atoms with E-state index in [9.17, 15) is 13.2 Å². The molecule has 0 aliphatic carbocycles. The zero-order valence-electron chi connectivity index (χ0n) is 10.4. The van der Waals surface area contributed by atoms with Crippen molar-refractivity contribution in [3.63, 3.8) is 0 Å². The normalized spacial score (nSPS) is 12.2. The standard InChI is InChI=1S/C11H13NO4S2/c1-11(2,3)7-6(5-12)10(18(4,15)16)17-8(7)9(13)14/h1-4H3,(H,13,14). The molecule has 0 atom stereocenters. The Labute approximate surface area is 110 Å². The van der Waals surface area contributed by atoms with E-state index >= 15 is 0 Å². The summed E-state index contributed by atoms with van der Waals surface area (Å²) in [6, 6.07) is 1.82. The molecule has 0 aromatic carbocycles. The van der Waals surface area contributed by atoms with E-state index in [-0.39, 0.29) is 20.2 Å². The number of nitriles is 1. The molecular formula is C11H13NO4S2. The molecule has 1 aromatic heterocycles. The molecule has 0 fully saturated rings. The van der Waals surface area contributed by atoms with Gasteiger partial charge in [0.25, 0.3) is 0 Å². The molecule has 5 nitrogen and oxygen atoms in total. The molecule has 0 radical (unpaired) electrons. The maximum Gasteiger partial charge on any atom is 0.346 e. The molecule has 0 aliphatic heterocycles. The summed E-state index contributed by atoms with van der Waals surface area (Å²) in [4.78, 5) is 11.1. The van der Waals surface area contributed by atoms with Crippen LogP contribution >= 0.6 is 11.3 Å². The van der Waals surface area contributed by atoms with Gasteiger partial charge in [0.1, 0.15) is 15.2 Å². The van der Waals surface area contributed by atoms with Crippen LogP contribution in [0.15, 0.2) is 4.21 Å². The van der Waals surface area contributed by atoms with Gasteiger partial charge in [-0.2, -0.15) is 5.26 Å². The molecule has 0 amide bonds. The first-order valence-corrected chi connectivity index (χ1v) is 7.71. The molecule has 0 saturated carbocycles. The van der Waals surface area contributed by atoms with Crippen molar-refractivity contribution in [2.24, 2.45) is 0 Å². The van der Waals surface area contributed by atoms with Gasteiger partial charge in [0.05, 0.1) is 5.56 Å². The van der Waals surface area contributed by atoms with Crippen LogP contribution in [0.5, 0.6) is 0 Å². The monoisotopic (exact) mass is 287 g/mol. The van der Waals surface area contributed by atoms with E-state index < -0.39 is 21.2 Å². The van der Waals surface area contributed by atoms with Crippen LogP contribution < -0.4 is 0 Å². The molecule has 0 spiro atoms. The van der Waals surface area contributed by atoms with Gasteiger partial charge in [-0.05, 0) is 5.41 Å². The number of carbonyl (C=O) groups is 1. The average Bonchev–Trinajstić information content (AvgIpc) is 2.54. The Kier molecular flexibility index (Phi) is 3.56. The Balaban J connectivity index is 3.85. The molecule has 1 rings (SSSR count). The summed E-state index contributed by atoms with van der Waals surface area (Å²) >= 11 is 0.643. The summed E-state index contributed by atoms with van der Waals surface area (Å²) in [7, 11) is -3.61. The zero-order valence-corrected chi connectivity index (χ0v) is 12.1. The first-order valence-electron chi connectivity index (χ1n) is 5.01. The number of thiophene rings is 1. The molecule has 0 aliphatic rings. The van der Waals surface area contributed by atoms with Crippen molar-refractivity contribution in [2.45, 2.75) is 30.4 Å². The second kappa shape index (κ2) is 4.37. The topological polar surface area (TPSA) is 95.2 Å². The summed E-state index contributed by atoms with van der Waals surface area (Å²) in [6.07, 6.45) is 0.970. The largest absolute Gasteiger partial charge is 0.477 e. The van der Waals surface area contributed by atoms with Crippen molar-refractivity contribution in [1.29, 1.82) is 5.26 Å². The summed E-state index contributed by atoms with van der Waals surface area (Å²) in [5, 5.41) is 18.3. The van der Waals surface area contributed by atoms with Crippen LogP contribution in [0, 0.1) is 11.3 Å². The third-order valence-electron chi connectivity index (χ3n) is 2.27. The molecule has 1 heterocycles. The number of hydrogen-bond acceptors (Lipinski definition) is 5. The smallest absolute Gasteiger partial charge is 0.346 e. The predicted octanol–water partition coefficient (Wildman–Crippen LogP) is 2.02. The van der Waals surface area contributed by atoms with Crippen LogP contribution in [0.2, 0.25) is 0 Å². The minimum Gasteiger partial charge on any atom is -0.477 e. The van der Waals surface area contributed by atoms with Crippen molar-refractivity contribution in [3.05, 3.63) is 16.0 Å². The summed E-state index contributed by atoms with van der Waals surface area (Å²) in [5.74, 6) is -1.21. The van der Waals surface area contributed by atoms with Crippen LogP contribution in [0.4, 0.5) is 0 Å². The molecular weight excluding hydrogens is 274 g/mol. The lowest BCUT2D eigenvalue weighted by Gasteiger charge is -2.19. The van der Waals surface area contributed by atoms with E-state index in [4.69, 9.17) is 10.4 Å². The highest BCUT2D eigenvalue weighted by molar-refractivity contribution is 7.92. The summed E-state index contributed by atoms with van der Waals surface area (Å²) in [6.45, 7) is 5.23. The Morgan fingerprint density at radius 3 is 2.17 bits per heavy atom. The Bertz CT molecular complexity index is 642. The number of carboxylic acid groups (broad SMARTS) is 1. The fourth-order valence-corrected chi connectivity index (χ4v) is 4.05. The summed E-state index contributed by atoms with van der Waals surface area (Å²) in [5.41, 5.74) is -0.381. The van der Waals surface area contributed by atoms with Crippen LogP contribution in [0.1, 0.15) is 41.6 Å². The molecule has 18 heavy (non-hydrogen) atoms. The SMILES string of the molecule is CC(C)(C)c1c(C(=O)O)sc(S(C)(=O)=O)c1C#N. The van der Waals surface area contributed by atoms with E-state index in [1.165, 1.54) is 0 Å². The van der Waals surface area contributed by atoms with Gasteiger partial charge in [-0.1, -0.05) is 20.8 Å². The molecule has 1 aromatic rings. The maximum absolute atomic E-state index is 11.6. The highest BCUT2D eigenvalue weighted by Crippen LogP contribution is 2.39. The van der Waals surface area contributed by atoms with Crippen molar-refractivity contribution in [1.82, 2.24) is 0 Å². The summed E-state index contributed by atoms with van der Waals surface area (Å²) < 4.78 is 23.0. The highest BCUT2D eigenvalue weighted by Gasteiger charge is 2.33. The van der Waals surface area contributed by atoms with Gasteiger partial charge >= 0.3 is 5.97 Å². The van der Waals surface area contributed by atoms with E-state index in [2.05, 4.69) is 0 Å². The molecule has 0 unspecified atom stereocenters. The second-order valence-electron chi connectivity index (χ2n) is 4.91. The van der Waals surface area contributed by atoms with E-state index in [0.717, 1.165) is 6.26 Å². The quantitative estimate of drug-likeness (QED) is 0.897. The van der Waals surface area contributed by atoms with Crippen LogP contribution in [-0.4, -0.2) is 25.7 Å². The van der Waals surface area contributed by atoms with E-state index in [1.807, 2.05) is 6.07 Å². The lowest BCUT2D eigenvalue weighted by Crippen LogP contribution is -2.16. The number of aromatic carboxylic acids is 1. The van der Waals surface area contributed by atoms with Crippen LogP contribution in [0.25, 0.3) is 0 Å². The third-order valence-corrected chi connectivity index (χ3v) is 5.28. The lowest BCUT2D eigenvalue weighted by atomic mass is 9.84. The Hall–Kier alpha value is -1.39. The zero-order chi connectivity index (χ0) is 14.3. The van der Waals surface area contributed by atoms with Crippen molar-refractivity contribution < 1.29 is 18.3 Å². The number of sulfone groups is 1. The van der Waals surface area contributed by atoms with Gasteiger partial charge in [0.2, 0.25) is 0 Å². The van der Waals surface area contributed by atoms with Crippen molar-refractivity contribution in [3.8, 4) is 6.07 Å². The van der Waals surface area contributed by atoms with Gasteiger partial charge in [0, 0.05) is 11.8 Å². The molecule has 0 bridgehead atoms. The molecule has 98 valence electrons. The maximum atomic E-state index is 11.6. The van der Waals surface area contributed by atoms with Gasteiger partial charge < -0.3 is 5.11 Å². The second-order valence-corrected chi connectivity index (χ2v) is 8.14. The number of nitrogens with zero attached hydrogens (tertiary/aromatic N) is 1. The van der Waals surface area contributed by atoms with Gasteiger partial charge in [0.15, 0.2) is 9.84 Å². The third kappa shape index (κ3) is 2.54. The van der Waals surface area contributed by atoms with E-state index in [1.54, 1.807) is 20.8 Å². The van der Waals surface area contributed by atoms with Gasteiger partial charge in [-0.3, -0.25) is 0 Å². The number of rotatable bonds is 2. The Morgan fingerprint density at radius 2 is 1.89 bits per heavy atom. The first-order chi connectivity index (χ1) is 8.00. The molecule has 1 N–H and O–H groups in total. The predicted molar refractivity (Wildman–Crippen MR) is 67.8 cm³/mol. The molecule has 0 saturated heterocycles. The Morgan fingerprint density at radius 1 is 1.39 bits per heavy atom. The number of hydrogen-bond donors (Lipinski definition) is 1. The van der Waals surface area contributed by atoms with Gasteiger partial charge in [-0.25, -0.2) is 13.2 Å². The average molecular weight is 287 g/mol. The van der Waals surface area contributed by atoms with Crippen LogP contribution in [-0.2, 0) is 15.3 Å². The van der Waals surface area contributed by atoms with Crippen molar-refractivity contribution in [2.75, 3.05) is 6.26 Å². The minimum absolute atomic E-state index is 0.0487. The number of carboxylic acids is 1. The highest BCUT2D eigenvalue weighted by atomic mass is 32.2. The van der Waals surface area contributed by atoms with Crippen molar-refractivity contribution >= 4 is 27.1 Å². The fourth-order valence-electron chi connectivity index (χ4n) is 1.64. The minimum atomic E-state index is -3.61. The van der Waals surface area contributed by atoms with E-state index in [0.29, 0.717) is 11.3 Å².